The van der Waals surface area contributed by atoms with Gasteiger partial charge in [0, 0.05) is 31.6 Å². The van der Waals surface area contributed by atoms with Crippen molar-refractivity contribution in [2.24, 2.45) is 0 Å². The van der Waals surface area contributed by atoms with Crippen LogP contribution in [0.1, 0.15) is 0 Å². The highest BCUT2D eigenvalue weighted by molar-refractivity contribution is 7.92. The minimum absolute atomic E-state index is 0.223. The van der Waals surface area contributed by atoms with E-state index in [4.69, 9.17) is 0 Å². The van der Waals surface area contributed by atoms with E-state index in [1.807, 2.05) is 24.3 Å². The monoisotopic (exact) mass is 382 g/mol. The van der Waals surface area contributed by atoms with Crippen LogP contribution < -0.4 is 9.62 Å². The highest BCUT2D eigenvalue weighted by Gasteiger charge is 2.20. The highest BCUT2D eigenvalue weighted by atomic mass is 32.2. The van der Waals surface area contributed by atoms with Gasteiger partial charge in [0.2, 0.25) is 0 Å². The molecule has 3 aromatic rings. The molecule has 27 heavy (non-hydrogen) atoms. The minimum atomic E-state index is -3.68. The molecule has 0 radical (unpaired) electrons. The average molecular weight is 382 g/mol. The van der Waals surface area contributed by atoms with Crippen LogP contribution in [-0.4, -0.2) is 51.5 Å². The number of anilines is 2. The molecule has 2 heterocycles. The fraction of sp³-hybridized carbons (Fsp3) is 0.250. The SMILES string of the molecule is CN1CCN(c2nc(NS(=O)(=O)c3ccccc3)cc3ccccc23)CC1. The molecule has 140 valence electrons. The molecule has 0 spiro atoms. The molecule has 0 atom stereocenters. The summed E-state index contributed by atoms with van der Waals surface area (Å²) in [5, 5.41) is 2.00. The second-order valence-corrected chi connectivity index (χ2v) is 8.44. The Morgan fingerprint density at radius 3 is 2.33 bits per heavy atom. The Kier molecular flexibility index (Phi) is 4.72. The molecule has 0 amide bonds. The van der Waals surface area contributed by atoms with Crippen molar-refractivity contribution in [2.75, 3.05) is 42.8 Å². The number of piperazine rings is 1. The Bertz CT molecular complexity index is 1050. The summed E-state index contributed by atoms with van der Waals surface area (Å²) < 4.78 is 28.0. The van der Waals surface area contributed by atoms with Gasteiger partial charge in [-0.3, -0.25) is 4.72 Å². The summed E-state index contributed by atoms with van der Waals surface area (Å²) in [6, 6.07) is 18.1. The molecular formula is C20H22N4O2S. The van der Waals surface area contributed by atoms with Crippen molar-refractivity contribution in [2.45, 2.75) is 4.90 Å². The number of nitrogens with zero attached hydrogens (tertiary/aromatic N) is 3. The summed E-state index contributed by atoms with van der Waals surface area (Å²) in [7, 11) is -1.57. The maximum absolute atomic E-state index is 12.7. The first-order chi connectivity index (χ1) is 13.0. The first kappa shape index (κ1) is 17.8. The number of pyridine rings is 1. The fourth-order valence-corrected chi connectivity index (χ4v) is 4.30. The second kappa shape index (κ2) is 7.17. The van der Waals surface area contributed by atoms with Gasteiger partial charge in [-0.15, -0.1) is 0 Å². The van der Waals surface area contributed by atoms with Gasteiger partial charge in [0.15, 0.2) is 0 Å². The van der Waals surface area contributed by atoms with Gasteiger partial charge in [-0.25, -0.2) is 13.4 Å². The largest absolute Gasteiger partial charge is 0.353 e. The van der Waals surface area contributed by atoms with E-state index >= 15 is 0 Å². The van der Waals surface area contributed by atoms with E-state index in [2.05, 4.69) is 26.6 Å². The summed E-state index contributed by atoms with van der Waals surface area (Å²) in [5.74, 6) is 1.17. The molecule has 1 aromatic heterocycles. The molecule has 1 saturated heterocycles. The summed E-state index contributed by atoms with van der Waals surface area (Å²) in [6.07, 6.45) is 0. The predicted octanol–water partition coefficient (Wildman–Crippen LogP) is 2.79. The van der Waals surface area contributed by atoms with Crippen LogP contribution in [0.4, 0.5) is 11.6 Å². The van der Waals surface area contributed by atoms with Crippen molar-refractivity contribution in [1.29, 1.82) is 0 Å². The molecule has 2 aromatic carbocycles. The number of hydrogen-bond donors (Lipinski definition) is 1. The summed E-state index contributed by atoms with van der Waals surface area (Å²) in [6.45, 7) is 3.64. The average Bonchev–Trinajstić information content (AvgIpc) is 2.68. The lowest BCUT2D eigenvalue weighted by molar-refractivity contribution is 0.312. The van der Waals surface area contributed by atoms with E-state index < -0.39 is 10.0 Å². The summed E-state index contributed by atoms with van der Waals surface area (Å²) in [5.41, 5.74) is 0. The lowest BCUT2D eigenvalue weighted by Crippen LogP contribution is -2.45. The fourth-order valence-electron chi connectivity index (χ4n) is 3.29. The summed E-state index contributed by atoms with van der Waals surface area (Å²) >= 11 is 0. The molecule has 0 saturated carbocycles. The van der Waals surface area contributed by atoms with Crippen LogP contribution in [0.15, 0.2) is 65.6 Å². The van der Waals surface area contributed by atoms with E-state index in [0.717, 1.165) is 42.8 Å². The van der Waals surface area contributed by atoms with Gasteiger partial charge in [0.25, 0.3) is 10.0 Å². The maximum atomic E-state index is 12.7. The number of benzene rings is 2. The number of fused-ring (bicyclic) bond motifs is 1. The first-order valence-electron chi connectivity index (χ1n) is 8.94. The van der Waals surface area contributed by atoms with E-state index in [-0.39, 0.29) is 4.90 Å². The molecule has 1 fully saturated rings. The second-order valence-electron chi connectivity index (χ2n) is 6.76. The molecule has 1 N–H and O–H groups in total. The predicted molar refractivity (Wildman–Crippen MR) is 109 cm³/mol. The number of aromatic nitrogens is 1. The zero-order valence-corrected chi connectivity index (χ0v) is 16.0. The van der Waals surface area contributed by atoms with Crippen molar-refractivity contribution in [3.05, 3.63) is 60.7 Å². The van der Waals surface area contributed by atoms with Crippen molar-refractivity contribution >= 4 is 32.4 Å². The Balaban J connectivity index is 1.74. The lowest BCUT2D eigenvalue weighted by Gasteiger charge is -2.34. The topological polar surface area (TPSA) is 65.5 Å². The van der Waals surface area contributed by atoms with E-state index in [9.17, 15) is 8.42 Å². The van der Waals surface area contributed by atoms with Gasteiger partial charge in [-0.05, 0) is 30.6 Å². The third-order valence-corrected chi connectivity index (χ3v) is 6.19. The van der Waals surface area contributed by atoms with E-state index in [1.165, 1.54) is 0 Å². The Hall–Kier alpha value is -2.64. The molecule has 0 bridgehead atoms. The van der Waals surface area contributed by atoms with Crippen molar-refractivity contribution in [3.8, 4) is 0 Å². The molecule has 0 aliphatic carbocycles. The smallest absolute Gasteiger partial charge is 0.263 e. The molecule has 1 aliphatic heterocycles. The van der Waals surface area contributed by atoms with Crippen molar-refractivity contribution in [1.82, 2.24) is 9.88 Å². The molecule has 7 heteroatoms. The summed E-state index contributed by atoms with van der Waals surface area (Å²) in [4.78, 5) is 9.40. The zero-order chi connectivity index (χ0) is 18.9. The van der Waals surface area contributed by atoms with Crippen LogP contribution in [0.25, 0.3) is 10.8 Å². The van der Waals surface area contributed by atoms with Crippen molar-refractivity contribution in [3.63, 3.8) is 0 Å². The van der Waals surface area contributed by atoms with Gasteiger partial charge in [-0.2, -0.15) is 0 Å². The van der Waals surface area contributed by atoms with Crippen LogP contribution in [0.2, 0.25) is 0 Å². The number of hydrogen-bond acceptors (Lipinski definition) is 5. The number of likely N-dealkylation sites (N-methyl/N-ethyl adjacent to an activating group) is 1. The molecule has 4 rings (SSSR count). The zero-order valence-electron chi connectivity index (χ0n) is 15.2. The van der Waals surface area contributed by atoms with Crippen LogP contribution in [-0.2, 0) is 10.0 Å². The third-order valence-electron chi connectivity index (χ3n) is 4.82. The minimum Gasteiger partial charge on any atom is -0.353 e. The maximum Gasteiger partial charge on any atom is 0.263 e. The van der Waals surface area contributed by atoms with Gasteiger partial charge in [0.1, 0.15) is 11.6 Å². The first-order valence-corrected chi connectivity index (χ1v) is 10.4. The Morgan fingerprint density at radius 1 is 0.926 bits per heavy atom. The standard InChI is InChI=1S/C20H22N4O2S/c1-23-11-13-24(14-12-23)20-18-10-6-5-7-16(18)15-19(21-20)22-27(25,26)17-8-3-2-4-9-17/h2-10,15H,11-14H2,1H3,(H,21,22). The third kappa shape index (κ3) is 3.74. The van der Waals surface area contributed by atoms with E-state index in [1.54, 1.807) is 36.4 Å². The quantitative estimate of drug-likeness (QED) is 0.752. The van der Waals surface area contributed by atoms with Crippen LogP contribution in [0.5, 0.6) is 0 Å². The van der Waals surface area contributed by atoms with E-state index in [0.29, 0.717) is 5.82 Å². The molecule has 1 aliphatic rings. The van der Waals surface area contributed by atoms with Gasteiger partial charge >= 0.3 is 0 Å². The van der Waals surface area contributed by atoms with Crippen LogP contribution >= 0.6 is 0 Å². The number of sulfonamides is 1. The van der Waals surface area contributed by atoms with Crippen molar-refractivity contribution < 1.29 is 8.42 Å². The lowest BCUT2D eigenvalue weighted by atomic mass is 10.1. The Morgan fingerprint density at radius 2 is 1.59 bits per heavy atom. The molecule has 6 nitrogen and oxygen atoms in total. The molecular weight excluding hydrogens is 360 g/mol. The number of rotatable bonds is 4. The van der Waals surface area contributed by atoms with Gasteiger partial charge < -0.3 is 9.80 Å². The Labute approximate surface area is 159 Å². The van der Waals surface area contributed by atoms with Crippen LogP contribution in [0.3, 0.4) is 0 Å². The van der Waals surface area contributed by atoms with Gasteiger partial charge in [0.05, 0.1) is 4.90 Å². The molecule has 0 unspecified atom stereocenters. The van der Waals surface area contributed by atoms with Gasteiger partial charge in [-0.1, -0.05) is 42.5 Å². The normalized spacial score (nSPS) is 15.8. The number of nitrogens with one attached hydrogen (secondary N) is 1. The highest BCUT2D eigenvalue weighted by Crippen LogP contribution is 2.29. The van der Waals surface area contributed by atoms with Crippen LogP contribution in [0, 0.1) is 0 Å².